The molecule has 0 fully saturated rings. The quantitative estimate of drug-likeness (QED) is 0.632. The van der Waals surface area contributed by atoms with Crippen LogP contribution in [0.15, 0.2) is 60.8 Å². The van der Waals surface area contributed by atoms with Gasteiger partial charge in [0.1, 0.15) is 5.75 Å². The van der Waals surface area contributed by atoms with Crippen molar-refractivity contribution in [2.75, 3.05) is 12.4 Å². The van der Waals surface area contributed by atoms with Crippen molar-refractivity contribution in [1.82, 2.24) is 0 Å². The third-order valence-electron chi connectivity index (χ3n) is 3.23. The first-order valence-corrected chi connectivity index (χ1v) is 6.99. The SMILES string of the molecule is COc1ccc(C(=O)/C=C/Nc2cccc(C(C)O)c2)cc1. The molecule has 0 radical (unpaired) electrons. The molecule has 0 heterocycles. The molecule has 0 aliphatic rings. The van der Waals surface area contributed by atoms with Gasteiger partial charge in [-0.15, -0.1) is 0 Å². The highest BCUT2D eigenvalue weighted by Crippen LogP contribution is 2.17. The molecule has 4 nitrogen and oxygen atoms in total. The van der Waals surface area contributed by atoms with Gasteiger partial charge in [0, 0.05) is 23.5 Å². The second-order valence-electron chi connectivity index (χ2n) is 4.87. The van der Waals surface area contributed by atoms with Crippen molar-refractivity contribution in [3.05, 3.63) is 71.9 Å². The third-order valence-corrected chi connectivity index (χ3v) is 3.23. The van der Waals surface area contributed by atoms with E-state index >= 15 is 0 Å². The maximum atomic E-state index is 12.0. The summed E-state index contributed by atoms with van der Waals surface area (Å²) in [6.45, 7) is 1.71. The molecule has 0 amide bonds. The number of hydrogen-bond donors (Lipinski definition) is 2. The van der Waals surface area contributed by atoms with Gasteiger partial charge in [0.05, 0.1) is 13.2 Å². The molecule has 4 heteroatoms. The highest BCUT2D eigenvalue weighted by atomic mass is 16.5. The Morgan fingerprint density at radius 2 is 1.95 bits per heavy atom. The molecule has 0 saturated heterocycles. The normalized spacial score (nSPS) is 12.1. The minimum absolute atomic E-state index is 0.0955. The molecule has 0 spiro atoms. The summed E-state index contributed by atoms with van der Waals surface area (Å²) in [5, 5.41) is 12.6. The van der Waals surface area contributed by atoms with E-state index in [1.54, 1.807) is 44.5 Å². The number of ketones is 1. The van der Waals surface area contributed by atoms with Crippen molar-refractivity contribution in [2.45, 2.75) is 13.0 Å². The summed E-state index contributed by atoms with van der Waals surface area (Å²) in [4.78, 5) is 12.0. The van der Waals surface area contributed by atoms with Gasteiger partial charge in [0.2, 0.25) is 0 Å². The Kier molecular flexibility index (Phi) is 5.33. The molecule has 0 aromatic heterocycles. The molecule has 0 saturated carbocycles. The zero-order chi connectivity index (χ0) is 15.9. The summed E-state index contributed by atoms with van der Waals surface area (Å²) in [5.41, 5.74) is 2.23. The van der Waals surface area contributed by atoms with Gasteiger partial charge in [-0.1, -0.05) is 12.1 Å². The van der Waals surface area contributed by atoms with Gasteiger partial charge in [-0.2, -0.15) is 0 Å². The molecule has 22 heavy (non-hydrogen) atoms. The first-order chi connectivity index (χ1) is 10.6. The van der Waals surface area contributed by atoms with Crippen LogP contribution in [0.3, 0.4) is 0 Å². The van der Waals surface area contributed by atoms with Gasteiger partial charge in [0.15, 0.2) is 5.78 Å². The van der Waals surface area contributed by atoms with Crippen LogP contribution >= 0.6 is 0 Å². The van der Waals surface area contributed by atoms with Gasteiger partial charge < -0.3 is 15.2 Å². The van der Waals surface area contributed by atoms with Crippen molar-refractivity contribution in [3.8, 4) is 5.75 Å². The Hall–Kier alpha value is -2.59. The van der Waals surface area contributed by atoms with E-state index < -0.39 is 6.10 Å². The van der Waals surface area contributed by atoms with Gasteiger partial charge in [-0.3, -0.25) is 4.79 Å². The fourth-order valence-electron chi connectivity index (χ4n) is 1.95. The molecular weight excluding hydrogens is 278 g/mol. The number of rotatable bonds is 6. The second kappa shape index (κ2) is 7.43. The maximum absolute atomic E-state index is 12.0. The second-order valence-corrected chi connectivity index (χ2v) is 4.87. The number of carbonyl (C=O) groups is 1. The molecule has 2 aromatic rings. The number of allylic oxidation sites excluding steroid dienone is 1. The van der Waals surface area contributed by atoms with E-state index in [1.807, 2.05) is 24.3 Å². The summed E-state index contributed by atoms with van der Waals surface area (Å²) in [5.74, 6) is 0.621. The van der Waals surface area contributed by atoms with E-state index in [0.717, 1.165) is 11.3 Å². The summed E-state index contributed by atoms with van der Waals surface area (Å²) >= 11 is 0. The molecule has 1 unspecified atom stereocenters. The number of aliphatic hydroxyl groups is 1. The van der Waals surface area contributed by atoms with Crippen molar-refractivity contribution < 1.29 is 14.6 Å². The molecule has 1 atom stereocenters. The monoisotopic (exact) mass is 297 g/mol. The number of carbonyl (C=O) groups excluding carboxylic acids is 1. The molecule has 0 aliphatic heterocycles. The Labute approximate surface area is 130 Å². The Morgan fingerprint density at radius 3 is 2.59 bits per heavy atom. The number of benzene rings is 2. The topological polar surface area (TPSA) is 58.6 Å². The predicted molar refractivity (Wildman–Crippen MR) is 87.2 cm³/mol. The van der Waals surface area contributed by atoms with E-state index in [0.29, 0.717) is 11.3 Å². The number of ether oxygens (including phenoxy) is 1. The highest BCUT2D eigenvalue weighted by Gasteiger charge is 2.02. The van der Waals surface area contributed by atoms with Gasteiger partial charge in [-0.25, -0.2) is 0 Å². The molecule has 2 rings (SSSR count). The van der Waals surface area contributed by atoms with E-state index in [4.69, 9.17) is 4.74 Å². The molecule has 0 aliphatic carbocycles. The fraction of sp³-hybridized carbons (Fsp3) is 0.167. The summed E-state index contributed by atoms with van der Waals surface area (Å²) < 4.78 is 5.06. The number of nitrogens with one attached hydrogen (secondary N) is 1. The van der Waals surface area contributed by atoms with Crippen LogP contribution in [0.25, 0.3) is 0 Å². The van der Waals surface area contributed by atoms with E-state index in [2.05, 4.69) is 5.32 Å². The summed E-state index contributed by atoms with van der Waals surface area (Å²) in [6.07, 6.45) is 2.54. The largest absolute Gasteiger partial charge is 0.497 e. The Bertz CT molecular complexity index is 660. The zero-order valence-electron chi connectivity index (χ0n) is 12.6. The van der Waals surface area contributed by atoms with E-state index in [-0.39, 0.29) is 5.78 Å². The van der Waals surface area contributed by atoms with Crippen LogP contribution in [0.4, 0.5) is 5.69 Å². The maximum Gasteiger partial charge on any atom is 0.187 e. The molecule has 2 aromatic carbocycles. The van der Waals surface area contributed by atoms with Crippen molar-refractivity contribution in [2.24, 2.45) is 0 Å². The first-order valence-electron chi connectivity index (χ1n) is 6.99. The van der Waals surface area contributed by atoms with Crippen LogP contribution in [0, 0.1) is 0 Å². The lowest BCUT2D eigenvalue weighted by Crippen LogP contribution is -1.97. The fourth-order valence-corrected chi connectivity index (χ4v) is 1.95. The van der Waals surface area contributed by atoms with E-state index in [9.17, 15) is 9.90 Å². The van der Waals surface area contributed by atoms with Crippen LogP contribution < -0.4 is 10.1 Å². The lowest BCUT2D eigenvalue weighted by molar-refractivity contribution is 0.104. The minimum Gasteiger partial charge on any atom is -0.497 e. The van der Waals surface area contributed by atoms with Crippen LogP contribution in [0.2, 0.25) is 0 Å². The number of methoxy groups -OCH3 is 1. The lowest BCUT2D eigenvalue weighted by Gasteiger charge is -2.07. The van der Waals surface area contributed by atoms with Gasteiger partial charge >= 0.3 is 0 Å². The van der Waals surface area contributed by atoms with Crippen molar-refractivity contribution in [3.63, 3.8) is 0 Å². The average Bonchev–Trinajstić information content (AvgIpc) is 2.55. The Morgan fingerprint density at radius 1 is 1.23 bits per heavy atom. The van der Waals surface area contributed by atoms with Crippen molar-refractivity contribution in [1.29, 1.82) is 0 Å². The minimum atomic E-state index is -0.522. The molecule has 114 valence electrons. The third kappa shape index (κ3) is 4.20. The first kappa shape index (κ1) is 15.8. The van der Waals surface area contributed by atoms with Crippen molar-refractivity contribution >= 4 is 11.5 Å². The average molecular weight is 297 g/mol. The molecule has 0 bridgehead atoms. The lowest BCUT2D eigenvalue weighted by atomic mass is 10.1. The van der Waals surface area contributed by atoms with Gasteiger partial charge in [-0.05, 0) is 48.9 Å². The molecular formula is C18H19NO3. The predicted octanol–water partition coefficient (Wildman–Crippen LogP) is 3.56. The van der Waals surface area contributed by atoms with Gasteiger partial charge in [0.25, 0.3) is 0 Å². The number of anilines is 1. The van der Waals surface area contributed by atoms with Crippen LogP contribution in [-0.2, 0) is 0 Å². The molecule has 2 N–H and O–H groups in total. The zero-order valence-corrected chi connectivity index (χ0v) is 12.6. The summed E-state index contributed by atoms with van der Waals surface area (Å²) in [7, 11) is 1.59. The van der Waals surface area contributed by atoms with Crippen LogP contribution in [0.5, 0.6) is 5.75 Å². The smallest absolute Gasteiger partial charge is 0.187 e. The number of hydrogen-bond acceptors (Lipinski definition) is 4. The summed E-state index contributed by atoms with van der Waals surface area (Å²) in [6, 6.07) is 14.4. The highest BCUT2D eigenvalue weighted by molar-refractivity contribution is 6.04. The van der Waals surface area contributed by atoms with Crippen LogP contribution in [-0.4, -0.2) is 18.0 Å². The standard InChI is InChI=1S/C18H19NO3/c1-13(20)15-4-3-5-16(12-15)19-11-10-18(21)14-6-8-17(22-2)9-7-14/h3-13,19-20H,1-2H3/b11-10+. The Balaban J connectivity index is 1.99. The number of aliphatic hydroxyl groups excluding tert-OH is 1. The van der Waals surface area contributed by atoms with Crippen LogP contribution in [0.1, 0.15) is 28.9 Å². The van der Waals surface area contributed by atoms with E-state index in [1.165, 1.54) is 6.08 Å².